The van der Waals surface area contributed by atoms with Gasteiger partial charge in [-0.05, 0) is 32.5 Å². The summed E-state index contributed by atoms with van der Waals surface area (Å²) < 4.78 is 0. The number of likely N-dealkylation sites (N-methyl/N-ethyl adjacent to an activating group) is 1. The molecule has 1 aromatic rings. The van der Waals surface area contributed by atoms with Gasteiger partial charge >= 0.3 is 0 Å². The molecular formula is C11H17N3OS. The third-order valence-corrected chi connectivity index (χ3v) is 2.77. The van der Waals surface area contributed by atoms with Crippen LogP contribution in [0, 0.1) is 0 Å². The Hall–Kier alpha value is -1.07. The van der Waals surface area contributed by atoms with E-state index in [-0.39, 0.29) is 5.91 Å². The smallest absolute Gasteiger partial charge is 0.269 e. The number of nitrogens with zero attached hydrogens (tertiary/aromatic N) is 2. The van der Waals surface area contributed by atoms with Crippen molar-refractivity contribution in [3.8, 4) is 0 Å². The average Bonchev–Trinajstić information content (AvgIpc) is 2.28. The first-order chi connectivity index (χ1) is 7.63. The lowest BCUT2D eigenvalue weighted by molar-refractivity contribution is 0.0946. The van der Waals surface area contributed by atoms with Crippen LogP contribution in [0.3, 0.4) is 0 Å². The van der Waals surface area contributed by atoms with Crippen LogP contribution in [0.1, 0.15) is 10.5 Å². The highest BCUT2D eigenvalue weighted by atomic mass is 32.2. The highest BCUT2D eigenvalue weighted by molar-refractivity contribution is 7.98. The van der Waals surface area contributed by atoms with E-state index in [1.165, 1.54) is 0 Å². The Morgan fingerprint density at radius 1 is 1.56 bits per heavy atom. The Morgan fingerprint density at radius 3 is 2.94 bits per heavy atom. The van der Waals surface area contributed by atoms with E-state index in [9.17, 15) is 4.79 Å². The van der Waals surface area contributed by atoms with Crippen LogP contribution in [0.15, 0.2) is 23.2 Å². The zero-order valence-electron chi connectivity index (χ0n) is 9.86. The molecule has 0 spiro atoms. The first-order valence-electron chi connectivity index (χ1n) is 5.06. The lowest BCUT2D eigenvalue weighted by Crippen LogP contribution is -2.31. The highest BCUT2D eigenvalue weighted by Gasteiger charge is 2.06. The summed E-state index contributed by atoms with van der Waals surface area (Å²) >= 11 is 1.60. The largest absolute Gasteiger partial charge is 0.349 e. The number of hydrogen-bond donors (Lipinski definition) is 1. The van der Waals surface area contributed by atoms with Gasteiger partial charge in [0.1, 0.15) is 5.69 Å². The summed E-state index contributed by atoms with van der Waals surface area (Å²) in [5.74, 6) is -0.113. The third-order valence-electron chi connectivity index (χ3n) is 2.04. The van der Waals surface area contributed by atoms with Crippen molar-refractivity contribution in [2.45, 2.75) is 4.90 Å². The number of nitrogens with one attached hydrogen (secondary N) is 1. The fourth-order valence-corrected chi connectivity index (χ4v) is 1.57. The van der Waals surface area contributed by atoms with E-state index in [1.54, 1.807) is 24.0 Å². The quantitative estimate of drug-likeness (QED) is 0.781. The number of amides is 1. The summed E-state index contributed by atoms with van der Waals surface area (Å²) in [6.45, 7) is 1.46. The maximum Gasteiger partial charge on any atom is 0.269 e. The molecule has 88 valence electrons. The van der Waals surface area contributed by atoms with E-state index in [0.717, 1.165) is 11.4 Å². The van der Waals surface area contributed by atoms with Gasteiger partial charge in [0.05, 0.1) is 0 Å². The molecule has 1 amide bonds. The molecule has 16 heavy (non-hydrogen) atoms. The molecule has 0 fully saturated rings. The summed E-state index contributed by atoms with van der Waals surface area (Å²) in [5.41, 5.74) is 0.477. The molecule has 0 saturated carbocycles. The van der Waals surface area contributed by atoms with E-state index >= 15 is 0 Å². The molecule has 4 nitrogen and oxygen atoms in total. The summed E-state index contributed by atoms with van der Waals surface area (Å²) in [6, 6.07) is 3.69. The third kappa shape index (κ3) is 4.20. The van der Waals surface area contributed by atoms with Crippen molar-refractivity contribution in [2.24, 2.45) is 0 Å². The summed E-state index contributed by atoms with van der Waals surface area (Å²) in [5, 5.41) is 2.83. The first-order valence-corrected chi connectivity index (χ1v) is 6.29. The summed E-state index contributed by atoms with van der Waals surface area (Å²) in [7, 11) is 3.94. The fourth-order valence-electron chi connectivity index (χ4n) is 1.15. The van der Waals surface area contributed by atoms with Crippen molar-refractivity contribution < 1.29 is 4.79 Å². The minimum absolute atomic E-state index is 0.113. The SMILES string of the molecule is CSc1ccnc(C(=O)NCCN(C)C)c1. The Balaban J connectivity index is 2.52. The van der Waals surface area contributed by atoms with Crippen molar-refractivity contribution in [1.29, 1.82) is 0 Å². The van der Waals surface area contributed by atoms with Gasteiger partial charge in [-0.15, -0.1) is 11.8 Å². The molecule has 0 saturated heterocycles. The van der Waals surface area contributed by atoms with Gasteiger partial charge < -0.3 is 10.2 Å². The van der Waals surface area contributed by atoms with Gasteiger partial charge in [-0.2, -0.15) is 0 Å². The van der Waals surface area contributed by atoms with Gasteiger partial charge in [-0.1, -0.05) is 0 Å². The van der Waals surface area contributed by atoms with Gasteiger partial charge in [0.2, 0.25) is 0 Å². The predicted octanol–water partition coefficient (Wildman–Crippen LogP) is 1.09. The van der Waals surface area contributed by atoms with Gasteiger partial charge in [0.25, 0.3) is 5.91 Å². The van der Waals surface area contributed by atoms with Crippen LogP contribution < -0.4 is 5.32 Å². The normalized spacial score (nSPS) is 10.5. The molecule has 0 aliphatic heterocycles. The van der Waals surface area contributed by atoms with Crippen LogP contribution in [-0.2, 0) is 0 Å². The van der Waals surface area contributed by atoms with E-state index in [1.807, 2.05) is 31.3 Å². The summed E-state index contributed by atoms with van der Waals surface area (Å²) in [6.07, 6.45) is 3.63. The van der Waals surface area contributed by atoms with Crippen LogP contribution in [0.2, 0.25) is 0 Å². The molecule has 0 unspecified atom stereocenters. The molecule has 0 aliphatic rings. The van der Waals surface area contributed by atoms with Gasteiger partial charge in [0.15, 0.2) is 0 Å². The van der Waals surface area contributed by atoms with Crippen LogP contribution in [-0.4, -0.2) is 49.2 Å². The topological polar surface area (TPSA) is 45.2 Å². The lowest BCUT2D eigenvalue weighted by atomic mass is 10.3. The average molecular weight is 239 g/mol. The zero-order chi connectivity index (χ0) is 12.0. The van der Waals surface area contributed by atoms with Crippen LogP contribution in [0.4, 0.5) is 0 Å². The van der Waals surface area contributed by atoms with Gasteiger partial charge in [0, 0.05) is 24.2 Å². The maximum absolute atomic E-state index is 11.7. The van der Waals surface area contributed by atoms with Gasteiger partial charge in [-0.3, -0.25) is 9.78 Å². The van der Waals surface area contributed by atoms with Crippen LogP contribution in [0.5, 0.6) is 0 Å². The number of aromatic nitrogens is 1. The van der Waals surface area contributed by atoms with Crippen LogP contribution in [0.25, 0.3) is 0 Å². The minimum Gasteiger partial charge on any atom is -0.349 e. The second-order valence-corrected chi connectivity index (χ2v) is 4.52. The van der Waals surface area contributed by atoms with Crippen molar-refractivity contribution in [3.05, 3.63) is 24.0 Å². The van der Waals surface area contributed by atoms with E-state index < -0.39 is 0 Å². The van der Waals surface area contributed by atoms with Crippen molar-refractivity contribution in [2.75, 3.05) is 33.4 Å². The number of pyridine rings is 1. The minimum atomic E-state index is -0.113. The molecule has 0 aromatic carbocycles. The zero-order valence-corrected chi connectivity index (χ0v) is 10.7. The number of thioether (sulfide) groups is 1. The Morgan fingerprint density at radius 2 is 2.31 bits per heavy atom. The lowest BCUT2D eigenvalue weighted by Gasteiger charge is -2.10. The predicted molar refractivity (Wildman–Crippen MR) is 66.9 cm³/mol. The molecule has 0 aliphatic carbocycles. The monoisotopic (exact) mass is 239 g/mol. The number of carbonyl (C=O) groups is 1. The highest BCUT2D eigenvalue weighted by Crippen LogP contribution is 2.13. The molecule has 5 heteroatoms. The summed E-state index contributed by atoms with van der Waals surface area (Å²) in [4.78, 5) is 18.8. The van der Waals surface area contributed by atoms with E-state index in [4.69, 9.17) is 0 Å². The molecular weight excluding hydrogens is 222 g/mol. The van der Waals surface area contributed by atoms with Crippen molar-refractivity contribution in [1.82, 2.24) is 15.2 Å². The Bertz CT molecular complexity index is 355. The fraction of sp³-hybridized carbons (Fsp3) is 0.455. The number of rotatable bonds is 5. The standard InChI is InChI=1S/C11H17N3OS/c1-14(2)7-6-13-11(15)10-8-9(16-3)4-5-12-10/h4-5,8H,6-7H2,1-3H3,(H,13,15). The maximum atomic E-state index is 11.7. The molecule has 1 rings (SSSR count). The number of hydrogen-bond acceptors (Lipinski definition) is 4. The Labute approximate surface area is 100 Å². The molecule has 0 bridgehead atoms. The first kappa shape index (κ1) is 13.0. The second-order valence-electron chi connectivity index (χ2n) is 3.64. The number of carbonyl (C=O) groups excluding carboxylic acids is 1. The van der Waals surface area contributed by atoms with E-state index in [2.05, 4.69) is 10.3 Å². The molecule has 1 aromatic heterocycles. The molecule has 1 heterocycles. The van der Waals surface area contributed by atoms with Crippen LogP contribution >= 0.6 is 11.8 Å². The van der Waals surface area contributed by atoms with Crippen molar-refractivity contribution in [3.63, 3.8) is 0 Å². The second kappa shape index (κ2) is 6.50. The molecule has 1 N–H and O–H groups in total. The molecule has 0 radical (unpaired) electrons. The van der Waals surface area contributed by atoms with Crippen molar-refractivity contribution >= 4 is 17.7 Å². The molecule has 0 atom stereocenters. The Kier molecular flexibility index (Phi) is 5.28. The van der Waals surface area contributed by atoms with Gasteiger partial charge in [-0.25, -0.2) is 0 Å². The van der Waals surface area contributed by atoms with E-state index in [0.29, 0.717) is 12.2 Å².